The molecule has 1 N–H and O–H groups in total. The lowest BCUT2D eigenvalue weighted by Gasteiger charge is -2.15. The maximum Gasteiger partial charge on any atom is 0.304 e. The first-order valence-electron chi connectivity index (χ1n) is 5.78. The third-order valence-corrected chi connectivity index (χ3v) is 3.69. The SMILES string of the molecule is O=C(O)CC1(c2cc3c(cc2F)OCC3)CC1. The molecule has 0 radical (unpaired) electrons. The van der Waals surface area contributed by atoms with Crippen molar-refractivity contribution in [3.63, 3.8) is 0 Å². The zero-order valence-corrected chi connectivity index (χ0v) is 9.33. The fraction of sp³-hybridized carbons (Fsp3) is 0.462. The van der Waals surface area contributed by atoms with Crippen LogP contribution in [0.15, 0.2) is 12.1 Å². The number of aliphatic carboxylic acids is 1. The summed E-state index contributed by atoms with van der Waals surface area (Å²) in [7, 11) is 0. The average Bonchev–Trinajstić information content (AvgIpc) is 2.87. The van der Waals surface area contributed by atoms with Gasteiger partial charge in [0, 0.05) is 17.9 Å². The number of fused-ring (bicyclic) bond motifs is 1. The highest BCUT2D eigenvalue weighted by atomic mass is 19.1. The van der Waals surface area contributed by atoms with E-state index in [0.717, 1.165) is 24.8 Å². The van der Waals surface area contributed by atoms with Gasteiger partial charge in [-0.25, -0.2) is 4.39 Å². The Balaban J connectivity index is 2.01. The second-order valence-corrected chi connectivity index (χ2v) is 4.89. The molecule has 17 heavy (non-hydrogen) atoms. The molecule has 0 amide bonds. The van der Waals surface area contributed by atoms with Gasteiger partial charge in [0.2, 0.25) is 0 Å². The monoisotopic (exact) mass is 236 g/mol. The van der Waals surface area contributed by atoms with Crippen LogP contribution in [-0.4, -0.2) is 17.7 Å². The normalized spacial score (nSPS) is 19.6. The molecule has 2 aliphatic rings. The molecule has 0 saturated heterocycles. The number of hydrogen-bond acceptors (Lipinski definition) is 2. The van der Waals surface area contributed by atoms with Crippen molar-refractivity contribution < 1.29 is 19.0 Å². The highest BCUT2D eigenvalue weighted by molar-refractivity contribution is 5.70. The lowest BCUT2D eigenvalue weighted by Crippen LogP contribution is -2.15. The van der Waals surface area contributed by atoms with E-state index >= 15 is 0 Å². The molecule has 1 aromatic carbocycles. The van der Waals surface area contributed by atoms with Crippen molar-refractivity contribution in [2.45, 2.75) is 31.1 Å². The Morgan fingerprint density at radius 2 is 2.24 bits per heavy atom. The maximum atomic E-state index is 14.0. The van der Waals surface area contributed by atoms with Crippen LogP contribution in [0.4, 0.5) is 4.39 Å². The molecule has 1 fully saturated rings. The van der Waals surface area contributed by atoms with E-state index in [0.29, 0.717) is 17.9 Å². The summed E-state index contributed by atoms with van der Waals surface area (Å²) in [5, 5.41) is 8.89. The van der Waals surface area contributed by atoms with Gasteiger partial charge in [-0.15, -0.1) is 0 Å². The van der Waals surface area contributed by atoms with Crippen molar-refractivity contribution in [2.75, 3.05) is 6.61 Å². The summed E-state index contributed by atoms with van der Waals surface area (Å²) >= 11 is 0. The first-order valence-corrected chi connectivity index (χ1v) is 5.78. The molecule has 4 heteroatoms. The van der Waals surface area contributed by atoms with E-state index in [1.54, 1.807) is 6.07 Å². The summed E-state index contributed by atoms with van der Waals surface area (Å²) in [5.41, 5.74) is 1.09. The molecule has 1 aliphatic heterocycles. The Labute approximate surface area is 98.2 Å². The molecule has 3 rings (SSSR count). The van der Waals surface area contributed by atoms with Crippen LogP contribution in [0.2, 0.25) is 0 Å². The van der Waals surface area contributed by atoms with Crippen LogP contribution in [0.3, 0.4) is 0 Å². The van der Waals surface area contributed by atoms with Crippen LogP contribution in [0.5, 0.6) is 5.75 Å². The highest BCUT2D eigenvalue weighted by Crippen LogP contribution is 2.52. The topological polar surface area (TPSA) is 46.5 Å². The Morgan fingerprint density at radius 1 is 1.47 bits per heavy atom. The first-order chi connectivity index (χ1) is 8.11. The van der Waals surface area contributed by atoms with E-state index < -0.39 is 11.4 Å². The second-order valence-electron chi connectivity index (χ2n) is 4.89. The van der Waals surface area contributed by atoms with Gasteiger partial charge in [-0.1, -0.05) is 0 Å². The van der Waals surface area contributed by atoms with Crippen LogP contribution in [-0.2, 0) is 16.6 Å². The first kappa shape index (κ1) is 10.6. The van der Waals surface area contributed by atoms with Gasteiger partial charge in [0.15, 0.2) is 0 Å². The number of halogens is 1. The van der Waals surface area contributed by atoms with Gasteiger partial charge in [-0.3, -0.25) is 4.79 Å². The fourth-order valence-electron chi connectivity index (χ4n) is 2.59. The average molecular weight is 236 g/mol. The van der Waals surface area contributed by atoms with Crippen LogP contribution in [0.1, 0.15) is 30.4 Å². The van der Waals surface area contributed by atoms with Gasteiger partial charge in [0.1, 0.15) is 11.6 Å². The quantitative estimate of drug-likeness (QED) is 0.875. The summed E-state index contributed by atoms with van der Waals surface area (Å²) in [6.45, 7) is 0.587. The number of carboxylic acid groups (broad SMARTS) is 1. The summed E-state index contributed by atoms with van der Waals surface area (Å²) in [4.78, 5) is 10.8. The molecule has 1 aromatic rings. The van der Waals surface area contributed by atoms with Crippen molar-refractivity contribution in [2.24, 2.45) is 0 Å². The van der Waals surface area contributed by atoms with Gasteiger partial charge in [0.05, 0.1) is 13.0 Å². The largest absolute Gasteiger partial charge is 0.493 e. The summed E-state index contributed by atoms with van der Waals surface area (Å²) in [6, 6.07) is 3.20. The minimum absolute atomic E-state index is 0.0174. The third kappa shape index (κ3) is 1.68. The zero-order chi connectivity index (χ0) is 12.0. The summed E-state index contributed by atoms with van der Waals surface area (Å²) in [6.07, 6.45) is 2.32. The van der Waals surface area contributed by atoms with Crippen LogP contribution in [0.25, 0.3) is 0 Å². The van der Waals surface area contributed by atoms with Crippen LogP contribution >= 0.6 is 0 Å². The third-order valence-electron chi connectivity index (χ3n) is 3.69. The molecule has 0 bridgehead atoms. The molecule has 3 nitrogen and oxygen atoms in total. The van der Waals surface area contributed by atoms with Crippen LogP contribution < -0.4 is 4.74 Å². The molecular weight excluding hydrogens is 223 g/mol. The van der Waals surface area contributed by atoms with Crippen molar-refractivity contribution in [1.82, 2.24) is 0 Å². The highest BCUT2D eigenvalue weighted by Gasteiger charge is 2.48. The Kier molecular flexibility index (Phi) is 2.15. The minimum atomic E-state index is -0.862. The van der Waals surface area contributed by atoms with Gasteiger partial charge in [-0.05, 0) is 30.0 Å². The number of benzene rings is 1. The number of carbonyl (C=O) groups is 1. The lowest BCUT2D eigenvalue weighted by atomic mass is 9.90. The predicted octanol–water partition coefficient (Wildman–Crippen LogP) is 2.27. The maximum absolute atomic E-state index is 14.0. The van der Waals surface area contributed by atoms with Crippen LogP contribution in [0, 0.1) is 5.82 Å². The van der Waals surface area contributed by atoms with E-state index in [4.69, 9.17) is 9.84 Å². The van der Waals surface area contributed by atoms with E-state index in [-0.39, 0.29) is 12.2 Å². The zero-order valence-electron chi connectivity index (χ0n) is 9.33. The van der Waals surface area contributed by atoms with E-state index in [1.807, 2.05) is 0 Å². The Bertz CT molecular complexity index is 492. The standard InChI is InChI=1S/C13H13FO3/c14-10-6-11-8(1-4-17-11)5-9(10)13(2-3-13)7-12(15)16/h5-6H,1-4,7H2,(H,15,16). The minimum Gasteiger partial charge on any atom is -0.493 e. The number of ether oxygens (including phenoxy) is 1. The second kappa shape index (κ2) is 3.45. The van der Waals surface area contributed by atoms with Gasteiger partial charge >= 0.3 is 5.97 Å². The molecular formula is C13H13FO3. The van der Waals surface area contributed by atoms with Crippen molar-refractivity contribution in [3.8, 4) is 5.75 Å². The molecule has 1 heterocycles. The summed E-state index contributed by atoms with van der Waals surface area (Å²) in [5.74, 6) is -0.583. The number of rotatable bonds is 3. The molecule has 1 saturated carbocycles. The number of carboxylic acids is 1. The van der Waals surface area contributed by atoms with E-state index in [2.05, 4.69) is 0 Å². The van der Waals surface area contributed by atoms with Crippen molar-refractivity contribution in [1.29, 1.82) is 0 Å². The molecule has 1 aliphatic carbocycles. The Hall–Kier alpha value is -1.58. The molecule has 0 atom stereocenters. The van der Waals surface area contributed by atoms with E-state index in [1.165, 1.54) is 6.07 Å². The van der Waals surface area contributed by atoms with Gasteiger partial charge in [0.25, 0.3) is 0 Å². The molecule has 0 aromatic heterocycles. The Morgan fingerprint density at radius 3 is 2.88 bits per heavy atom. The van der Waals surface area contributed by atoms with Crippen molar-refractivity contribution in [3.05, 3.63) is 29.1 Å². The molecule has 90 valence electrons. The van der Waals surface area contributed by atoms with E-state index in [9.17, 15) is 9.18 Å². The fourth-order valence-corrected chi connectivity index (χ4v) is 2.59. The van der Waals surface area contributed by atoms with Crippen molar-refractivity contribution >= 4 is 5.97 Å². The molecule has 0 unspecified atom stereocenters. The van der Waals surface area contributed by atoms with Gasteiger partial charge < -0.3 is 9.84 Å². The predicted molar refractivity (Wildman–Crippen MR) is 58.8 cm³/mol. The number of hydrogen-bond donors (Lipinski definition) is 1. The lowest BCUT2D eigenvalue weighted by molar-refractivity contribution is -0.137. The summed E-state index contributed by atoms with van der Waals surface area (Å²) < 4.78 is 19.3. The molecule has 0 spiro atoms. The smallest absolute Gasteiger partial charge is 0.304 e. The van der Waals surface area contributed by atoms with Gasteiger partial charge in [-0.2, -0.15) is 0 Å².